The Bertz CT molecular complexity index is 373. The van der Waals surface area contributed by atoms with Gasteiger partial charge in [0.2, 0.25) is 11.9 Å². The molecule has 74 valence electrons. The van der Waals surface area contributed by atoms with Crippen molar-refractivity contribution in [3.05, 3.63) is 18.2 Å². The average molecular weight is 196 g/mol. The van der Waals surface area contributed by atoms with Gasteiger partial charge in [-0.3, -0.25) is 0 Å². The van der Waals surface area contributed by atoms with Crippen molar-refractivity contribution in [3.63, 3.8) is 0 Å². The van der Waals surface area contributed by atoms with Gasteiger partial charge < -0.3 is 19.7 Å². The first-order valence-corrected chi connectivity index (χ1v) is 4.02. The van der Waals surface area contributed by atoms with Crippen LogP contribution in [0, 0.1) is 0 Å². The lowest BCUT2D eigenvalue weighted by atomic mass is 10.2. The highest BCUT2D eigenvalue weighted by Crippen LogP contribution is 2.39. The van der Waals surface area contributed by atoms with Gasteiger partial charge in [0, 0.05) is 0 Å². The molecule has 0 aromatic heterocycles. The van der Waals surface area contributed by atoms with Gasteiger partial charge in [0.15, 0.2) is 11.5 Å². The maximum atomic E-state index is 10.6. The molecule has 1 atom stereocenters. The van der Waals surface area contributed by atoms with Crippen LogP contribution in [0.5, 0.6) is 17.2 Å². The Hall–Kier alpha value is -1.91. The molecule has 0 fully saturated rings. The topological polar surface area (TPSA) is 76.0 Å². The molecule has 1 heterocycles. The SMILES string of the molecule is O=C(O)C1COc2c(O)cccc2O1. The van der Waals surface area contributed by atoms with Crippen LogP contribution < -0.4 is 9.47 Å². The highest BCUT2D eigenvalue weighted by atomic mass is 16.6. The van der Waals surface area contributed by atoms with Crippen molar-refractivity contribution in [2.75, 3.05) is 6.61 Å². The molecule has 5 heteroatoms. The predicted octanol–water partition coefficient (Wildman–Crippen LogP) is 0.617. The third kappa shape index (κ3) is 1.32. The third-order valence-corrected chi connectivity index (χ3v) is 1.88. The van der Waals surface area contributed by atoms with E-state index in [9.17, 15) is 9.90 Å². The number of phenolic OH excluding ortho intramolecular Hbond substituents is 1. The molecule has 2 rings (SSSR count). The van der Waals surface area contributed by atoms with Crippen molar-refractivity contribution < 1.29 is 24.5 Å². The van der Waals surface area contributed by atoms with Gasteiger partial charge in [-0.2, -0.15) is 0 Å². The zero-order chi connectivity index (χ0) is 10.1. The fourth-order valence-corrected chi connectivity index (χ4v) is 1.21. The van der Waals surface area contributed by atoms with Crippen molar-refractivity contribution in [1.82, 2.24) is 0 Å². The Balaban J connectivity index is 2.31. The lowest BCUT2D eigenvalue weighted by Gasteiger charge is -2.23. The molecule has 1 unspecified atom stereocenters. The van der Waals surface area contributed by atoms with E-state index in [-0.39, 0.29) is 23.9 Å². The summed E-state index contributed by atoms with van der Waals surface area (Å²) in [4.78, 5) is 10.6. The second-order valence-electron chi connectivity index (χ2n) is 2.86. The largest absolute Gasteiger partial charge is 0.504 e. The van der Waals surface area contributed by atoms with Gasteiger partial charge in [-0.15, -0.1) is 0 Å². The van der Waals surface area contributed by atoms with Gasteiger partial charge in [0.25, 0.3) is 0 Å². The lowest BCUT2D eigenvalue weighted by molar-refractivity contribution is -0.147. The fourth-order valence-electron chi connectivity index (χ4n) is 1.21. The second-order valence-corrected chi connectivity index (χ2v) is 2.86. The summed E-state index contributed by atoms with van der Waals surface area (Å²) in [6, 6.07) is 4.55. The van der Waals surface area contributed by atoms with Gasteiger partial charge in [-0.25, -0.2) is 4.79 Å². The van der Waals surface area contributed by atoms with Gasteiger partial charge >= 0.3 is 5.97 Å². The monoisotopic (exact) mass is 196 g/mol. The molecule has 1 aliphatic heterocycles. The number of aromatic hydroxyl groups is 1. The number of carboxylic acids is 1. The van der Waals surface area contributed by atoms with E-state index in [0.717, 1.165) is 0 Å². The first kappa shape index (κ1) is 8.68. The van der Waals surface area contributed by atoms with Crippen molar-refractivity contribution in [2.24, 2.45) is 0 Å². The number of carbonyl (C=O) groups is 1. The first-order valence-electron chi connectivity index (χ1n) is 4.02. The zero-order valence-electron chi connectivity index (χ0n) is 7.14. The summed E-state index contributed by atoms with van der Waals surface area (Å²) in [6.07, 6.45) is -1.01. The van der Waals surface area contributed by atoms with Crippen LogP contribution in [0.3, 0.4) is 0 Å². The standard InChI is InChI=1S/C9H8O5/c10-5-2-1-3-6-8(5)13-4-7(14-6)9(11)12/h1-3,7,10H,4H2,(H,11,12). The number of carboxylic acid groups (broad SMARTS) is 1. The molecule has 14 heavy (non-hydrogen) atoms. The molecule has 0 spiro atoms. The summed E-state index contributed by atoms with van der Waals surface area (Å²) in [5.74, 6) is -0.681. The summed E-state index contributed by atoms with van der Waals surface area (Å²) in [6.45, 7) is -0.0973. The number of fused-ring (bicyclic) bond motifs is 1. The molecule has 5 nitrogen and oxygen atoms in total. The summed E-state index contributed by atoms with van der Waals surface area (Å²) >= 11 is 0. The van der Waals surface area contributed by atoms with Gasteiger partial charge in [0.05, 0.1) is 0 Å². The number of phenols is 1. The minimum Gasteiger partial charge on any atom is -0.504 e. The molecule has 1 aliphatic rings. The van der Waals surface area contributed by atoms with E-state index in [0.29, 0.717) is 0 Å². The van der Waals surface area contributed by atoms with Crippen LogP contribution in [0.25, 0.3) is 0 Å². The Morgan fingerprint density at radius 1 is 1.50 bits per heavy atom. The Morgan fingerprint density at radius 3 is 3.00 bits per heavy atom. The smallest absolute Gasteiger partial charge is 0.348 e. The molecule has 1 aromatic carbocycles. The number of ether oxygens (including phenoxy) is 2. The number of para-hydroxylation sites is 1. The first-order chi connectivity index (χ1) is 6.68. The van der Waals surface area contributed by atoms with Crippen LogP contribution in [0.4, 0.5) is 0 Å². The minimum atomic E-state index is -1.08. The zero-order valence-corrected chi connectivity index (χ0v) is 7.14. The van der Waals surface area contributed by atoms with Crippen LogP contribution in [-0.2, 0) is 4.79 Å². The molecule has 2 N–H and O–H groups in total. The number of benzene rings is 1. The van der Waals surface area contributed by atoms with Crippen molar-refractivity contribution in [3.8, 4) is 17.2 Å². The van der Waals surface area contributed by atoms with Crippen LogP contribution in [-0.4, -0.2) is 28.9 Å². The summed E-state index contributed by atoms with van der Waals surface area (Å²) < 4.78 is 10.2. The van der Waals surface area contributed by atoms with Gasteiger partial charge in [-0.05, 0) is 12.1 Å². The summed E-state index contributed by atoms with van der Waals surface area (Å²) in [7, 11) is 0. The van der Waals surface area contributed by atoms with E-state index >= 15 is 0 Å². The Morgan fingerprint density at radius 2 is 2.29 bits per heavy atom. The van der Waals surface area contributed by atoms with Crippen molar-refractivity contribution in [1.29, 1.82) is 0 Å². The number of aliphatic carboxylic acids is 1. The maximum absolute atomic E-state index is 10.6. The van der Waals surface area contributed by atoms with E-state index in [2.05, 4.69) is 0 Å². The van der Waals surface area contributed by atoms with E-state index in [1.165, 1.54) is 6.07 Å². The maximum Gasteiger partial charge on any atom is 0.348 e. The van der Waals surface area contributed by atoms with E-state index in [1.807, 2.05) is 0 Å². The van der Waals surface area contributed by atoms with E-state index < -0.39 is 12.1 Å². The number of hydrogen-bond acceptors (Lipinski definition) is 4. The van der Waals surface area contributed by atoms with E-state index in [4.69, 9.17) is 14.6 Å². The van der Waals surface area contributed by atoms with Crippen LogP contribution in [0.1, 0.15) is 0 Å². The minimum absolute atomic E-state index is 0.0497. The van der Waals surface area contributed by atoms with Crippen molar-refractivity contribution >= 4 is 5.97 Å². The van der Waals surface area contributed by atoms with Crippen molar-refractivity contribution in [2.45, 2.75) is 6.10 Å². The summed E-state index contributed by atoms with van der Waals surface area (Å²) in [5, 5.41) is 18.0. The summed E-state index contributed by atoms with van der Waals surface area (Å²) in [5.41, 5.74) is 0. The second kappa shape index (κ2) is 3.10. The highest BCUT2D eigenvalue weighted by molar-refractivity contribution is 5.73. The Labute approximate surface area is 79.5 Å². The fraction of sp³-hybridized carbons (Fsp3) is 0.222. The quantitative estimate of drug-likeness (QED) is 0.688. The molecule has 0 saturated heterocycles. The predicted molar refractivity (Wildman–Crippen MR) is 45.7 cm³/mol. The molecule has 0 saturated carbocycles. The van der Waals surface area contributed by atoms with Gasteiger partial charge in [-0.1, -0.05) is 6.07 Å². The molecule has 0 radical (unpaired) electrons. The van der Waals surface area contributed by atoms with Crippen LogP contribution in [0.2, 0.25) is 0 Å². The normalized spacial score (nSPS) is 19.0. The average Bonchev–Trinajstić information content (AvgIpc) is 2.17. The number of hydrogen-bond donors (Lipinski definition) is 2. The highest BCUT2D eigenvalue weighted by Gasteiger charge is 2.28. The van der Waals surface area contributed by atoms with Crippen LogP contribution in [0.15, 0.2) is 18.2 Å². The molecule has 1 aromatic rings. The van der Waals surface area contributed by atoms with Crippen LogP contribution >= 0.6 is 0 Å². The lowest BCUT2D eigenvalue weighted by Crippen LogP contribution is -2.36. The Kier molecular flexibility index (Phi) is 1.92. The molecular formula is C9H8O5. The molecule has 0 aliphatic carbocycles. The third-order valence-electron chi connectivity index (χ3n) is 1.88. The molecule has 0 bridgehead atoms. The van der Waals surface area contributed by atoms with Gasteiger partial charge in [0.1, 0.15) is 6.61 Å². The molecular weight excluding hydrogens is 188 g/mol. The van der Waals surface area contributed by atoms with E-state index in [1.54, 1.807) is 12.1 Å². The molecule has 0 amide bonds. The number of rotatable bonds is 1.